The smallest absolute Gasteiger partial charge is 0.322 e. The molecule has 0 spiro atoms. The van der Waals surface area contributed by atoms with Crippen molar-refractivity contribution in [2.75, 3.05) is 60.6 Å². The molecule has 0 radical (unpaired) electrons. The average Bonchev–Trinajstić information content (AvgIpc) is 1.59. The van der Waals surface area contributed by atoms with Crippen molar-refractivity contribution in [3.05, 3.63) is 119 Å². The molecule has 3 aromatic carbocycles. The van der Waals surface area contributed by atoms with E-state index < -0.39 is 206 Å². The summed E-state index contributed by atoms with van der Waals surface area (Å²) in [6.45, 7) is 10.4. The van der Waals surface area contributed by atoms with E-state index in [2.05, 4.69) is 46.7 Å². The summed E-state index contributed by atoms with van der Waals surface area (Å²) in [5.41, 5.74) is 9.46. The Bertz CT molecular complexity index is 4760. The van der Waals surface area contributed by atoms with Crippen molar-refractivity contribution in [3.63, 3.8) is 0 Å². The number of hydrogen-bond acceptors (Lipinski definition) is 23. The van der Waals surface area contributed by atoms with E-state index in [4.69, 9.17) is 16.2 Å². The number of carboxylic acids is 3. The molecule has 2 fully saturated rings. The van der Waals surface area contributed by atoms with Gasteiger partial charge in [0.1, 0.15) is 18.9 Å². The number of rotatable bonds is 40. The second kappa shape index (κ2) is 45.8. The first-order valence-corrected chi connectivity index (χ1v) is 46.3. The zero-order chi connectivity index (χ0) is 89.1. The van der Waals surface area contributed by atoms with E-state index in [1.165, 1.54) is 24.3 Å². The number of benzene rings is 3. The number of anilines is 1. The Morgan fingerprint density at radius 3 is 1.94 bits per heavy atom. The summed E-state index contributed by atoms with van der Waals surface area (Å²) in [6, 6.07) is 11.5. The number of fused-ring (bicyclic) bond motifs is 2. The molecule has 0 aliphatic carbocycles. The van der Waals surface area contributed by atoms with Crippen LogP contribution in [-0.2, 0) is 105 Å². The number of unbranched alkanes of at least 4 members (excludes halogenated alkanes) is 3. The maximum atomic E-state index is 14.3. The summed E-state index contributed by atoms with van der Waals surface area (Å²) in [6.07, 6.45) is 6.94. The van der Waals surface area contributed by atoms with E-state index in [1.807, 2.05) is 65.0 Å². The topological polar surface area (TPSA) is 549 Å². The molecule has 15 N–H and O–H groups in total. The van der Waals surface area contributed by atoms with E-state index in [0.717, 1.165) is 61.7 Å². The number of hydrogen-bond donors (Lipinski definition) is 14. The normalized spacial score (nSPS) is 20.6. The van der Waals surface area contributed by atoms with Crippen molar-refractivity contribution < 1.29 is 113 Å². The number of carbonyl (C=O) groups excluding carboxylic acids is 11. The molecule has 4 aliphatic heterocycles. The molecule has 2 saturated heterocycles. The van der Waals surface area contributed by atoms with Crippen LogP contribution in [0.4, 0.5) is 11.4 Å². The Morgan fingerprint density at radius 1 is 0.636 bits per heavy atom. The second-order valence-electron chi connectivity index (χ2n) is 31.2. The molecule has 658 valence electrons. The number of carbonyl (C=O) groups is 14. The Hall–Kier alpha value is -9.93. The lowest BCUT2D eigenvalue weighted by Gasteiger charge is -2.27. The minimum Gasteiger partial charge on any atom is -0.481 e. The summed E-state index contributed by atoms with van der Waals surface area (Å²) < 4.78 is 70.6. The molecule has 3 aromatic rings. The van der Waals surface area contributed by atoms with Crippen LogP contribution in [0.15, 0.2) is 113 Å². The van der Waals surface area contributed by atoms with E-state index >= 15 is 0 Å². The van der Waals surface area contributed by atoms with Crippen molar-refractivity contribution in [1.29, 1.82) is 5.41 Å². The van der Waals surface area contributed by atoms with Gasteiger partial charge in [0, 0.05) is 122 Å². The fraction of sp³-hybridized carbons (Fsp3) is 0.512. The Morgan fingerprint density at radius 2 is 1.28 bits per heavy atom. The van der Waals surface area contributed by atoms with Gasteiger partial charge in [0.15, 0.2) is 34.8 Å². The molecule has 8 atom stereocenters. The predicted molar refractivity (Wildman–Crippen MR) is 454 cm³/mol. The van der Waals surface area contributed by atoms with Gasteiger partial charge in [0.05, 0.1) is 75.7 Å². The van der Waals surface area contributed by atoms with Gasteiger partial charge in [-0.1, -0.05) is 96.8 Å². The molecule has 121 heavy (non-hydrogen) atoms. The lowest BCUT2D eigenvalue weighted by Crippen LogP contribution is -2.49. The van der Waals surface area contributed by atoms with Crippen LogP contribution in [0.25, 0.3) is 0 Å². The summed E-state index contributed by atoms with van der Waals surface area (Å²) in [7, 11) is -6.83. The van der Waals surface area contributed by atoms with Gasteiger partial charge in [0.2, 0.25) is 41.1 Å². The highest BCUT2D eigenvalue weighted by molar-refractivity contribution is 8.76. The third-order valence-electron chi connectivity index (χ3n) is 21.3. The number of guanidine groups is 1. The molecular formula is C82H108N11O23S5+. The van der Waals surface area contributed by atoms with Crippen molar-refractivity contribution in [3.8, 4) is 0 Å². The van der Waals surface area contributed by atoms with Gasteiger partial charge >= 0.3 is 17.9 Å². The van der Waals surface area contributed by atoms with Gasteiger partial charge in [-0.3, -0.25) is 81.6 Å². The first kappa shape index (κ1) is 98.2. The van der Waals surface area contributed by atoms with Crippen LogP contribution in [0.1, 0.15) is 160 Å². The van der Waals surface area contributed by atoms with Crippen LogP contribution < -0.4 is 47.9 Å². The van der Waals surface area contributed by atoms with Crippen molar-refractivity contribution in [2.45, 2.75) is 195 Å². The summed E-state index contributed by atoms with van der Waals surface area (Å²) in [5.74, 6) is -17.6. The zero-order valence-corrected chi connectivity index (χ0v) is 72.1. The number of aliphatic carboxylic acids is 3. The molecule has 0 aromatic heterocycles. The Balaban J connectivity index is 0.912. The van der Waals surface area contributed by atoms with Gasteiger partial charge in [-0.05, 0) is 113 Å². The number of ketones is 5. The molecular weight excluding hydrogens is 1670 g/mol. The third-order valence-corrected chi connectivity index (χ3v) is 26.8. The summed E-state index contributed by atoms with van der Waals surface area (Å²) >= 11 is 0.963. The zero-order valence-electron chi connectivity index (χ0n) is 68.0. The van der Waals surface area contributed by atoms with Crippen molar-refractivity contribution >= 4 is 159 Å². The highest BCUT2D eigenvalue weighted by Crippen LogP contribution is 2.49. The van der Waals surface area contributed by atoms with Crippen molar-refractivity contribution in [1.82, 2.24) is 37.2 Å². The van der Waals surface area contributed by atoms with Gasteiger partial charge < -0.3 is 63.2 Å². The fourth-order valence-corrected chi connectivity index (χ4v) is 19.5. The number of nitrogens with zero attached hydrogens (tertiary/aromatic N) is 2. The monoisotopic (exact) mass is 1770 g/mol. The highest BCUT2D eigenvalue weighted by atomic mass is 33.1. The van der Waals surface area contributed by atoms with Crippen molar-refractivity contribution in [2.24, 2.45) is 29.4 Å². The Kier molecular flexibility index (Phi) is 37.2. The van der Waals surface area contributed by atoms with Crippen LogP contribution in [0.2, 0.25) is 0 Å². The predicted octanol–water partition coefficient (Wildman–Crippen LogP) is 5.61. The quantitative estimate of drug-likeness (QED) is 0.00626. The van der Waals surface area contributed by atoms with Crippen LogP contribution >= 0.6 is 33.3 Å². The number of carboxylic acid groups (broad SMARTS) is 3. The SMILES string of the molecule is CC[N+]1=C(/C=C/C=C/C=C2/N(CCCCCC(=O)NCCCC[C@@H]3CC(=O)CSC[C@@H](C(=O)N[C@@H](CCCNC(=N)N)C(=O)CCC(=O)N[C@@H](CC(=O)O)C(=O)C[C@H]4CSSC[C@@H](C(=O)NCC(=O)O)CC(=O)[C@H](Cc5ccccc5)NC4=O)CC(=O)[C@H](CC(=O)O)NC3=O)c3ccc(S(=O)(=O)O)cc3C2(C)C)C(C)(C)c2cc(S(=O)(=O)O)ccc21. The number of thioether (sulfide) groups is 1. The molecule has 39 heteroatoms. The standard InChI is InChI=1S/C82H107N11O23S5/c1-6-92-63-28-26-55(120(111,112)113)40-57(63)81(2,3)69(92)23-12-8-13-24-70-82(4,5)58-41-56(121(114,115)116)27-29-64(58)93(70)34-17-9-14-25-71(99)85-32-16-15-21-50-36-54(94)48-117-45-51(37-68(98)62(43-74(103)104)91-77(50)108)78(109)89-59(22-18-33-86-80(83)84)65(95)30-31-72(100)88-61(42-73(101)102)67(97)39-53-47-119-118-46-52(76(107)87-44-75(105)106)38-66(96)60(90-79(53)110)35-49-19-10-7-11-20-49/h7-8,10-13,19-20,23-24,26-29,40-41,50-53,59-62H,6,9,14-18,21-22,25,30-39,42-48H2,1-5H3,(H14-,83,84,85,86,87,88,89,90,91,99,100,101,102,103,104,105,106,107,108,109,110,111,112,113,114,115,116)/p+1/t50-,51+,52+,53+,59+,60+,61+,62+/m1/s1. The van der Waals surface area contributed by atoms with Crippen LogP contribution in [0.5, 0.6) is 0 Å². The first-order valence-electron chi connectivity index (χ1n) is 39.8. The molecule has 34 nitrogen and oxygen atoms in total. The number of Topliss-reactive ketones (excluding diaryl/α,β-unsaturated/α-hetero) is 5. The van der Waals surface area contributed by atoms with Crippen LogP contribution in [0, 0.1) is 29.1 Å². The maximum absolute atomic E-state index is 14.3. The summed E-state index contributed by atoms with van der Waals surface area (Å²) in [5, 5.41) is 54.5. The minimum absolute atomic E-state index is 0.00151. The van der Waals surface area contributed by atoms with E-state index in [0.29, 0.717) is 56.3 Å². The van der Waals surface area contributed by atoms with Gasteiger partial charge in [-0.15, -0.1) is 0 Å². The summed E-state index contributed by atoms with van der Waals surface area (Å²) in [4.78, 5) is 190. The molecule has 0 bridgehead atoms. The Labute approximate surface area is 714 Å². The van der Waals surface area contributed by atoms with Gasteiger partial charge in [-0.25, -0.2) is 0 Å². The van der Waals surface area contributed by atoms with Gasteiger partial charge in [-0.2, -0.15) is 33.2 Å². The lowest BCUT2D eigenvalue weighted by molar-refractivity contribution is -0.433. The highest BCUT2D eigenvalue weighted by Gasteiger charge is 2.46. The van der Waals surface area contributed by atoms with Crippen LogP contribution in [-0.4, -0.2) is 220 Å². The molecule has 0 unspecified atom stereocenters. The van der Waals surface area contributed by atoms with Crippen LogP contribution in [0.3, 0.4) is 0 Å². The molecule has 4 heterocycles. The third kappa shape index (κ3) is 29.7. The van der Waals surface area contributed by atoms with E-state index in [1.54, 1.807) is 42.5 Å². The van der Waals surface area contributed by atoms with E-state index in [-0.39, 0.29) is 96.7 Å². The fourth-order valence-electron chi connectivity index (χ4n) is 14.8. The minimum atomic E-state index is -4.54. The first-order chi connectivity index (χ1) is 57.1. The van der Waals surface area contributed by atoms with E-state index in [9.17, 15) is 103 Å². The number of nitrogens with two attached hydrogens (primary N) is 1. The molecule has 7 rings (SSSR count). The molecule has 0 saturated carbocycles. The number of amides is 6. The lowest BCUT2D eigenvalue weighted by atomic mass is 9.81. The number of allylic oxidation sites excluding steroid dienone is 6. The second-order valence-corrected chi connectivity index (χ2v) is 37.6. The van der Waals surface area contributed by atoms with Gasteiger partial charge in [0.25, 0.3) is 20.2 Å². The molecule has 6 amide bonds. The maximum Gasteiger partial charge on any atom is 0.322 e. The number of nitrogens with one attached hydrogen (secondary N) is 8. The molecule has 4 aliphatic rings. The average molecular weight is 1780 g/mol. The largest absolute Gasteiger partial charge is 0.481 e.